The third-order valence-electron chi connectivity index (χ3n) is 5.44. The average molecular weight is 408 g/mol. The van der Waals surface area contributed by atoms with Crippen molar-refractivity contribution in [1.29, 1.82) is 0 Å². The smallest absolute Gasteiger partial charge is 0.330 e. The minimum atomic E-state index is -0.297. The summed E-state index contributed by atoms with van der Waals surface area (Å²) in [5.41, 5.74) is 2.20. The Balaban J connectivity index is 1.68. The summed E-state index contributed by atoms with van der Waals surface area (Å²) in [6.45, 7) is 7.61. The van der Waals surface area contributed by atoms with E-state index < -0.39 is 0 Å². The molecule has 3 heterocycles. The largest absolute Gasteiger partial charge is 0.333 e. The van der Waals surface area contributed by atoms with Crippen LogP contribution in [0, 0.1) is 0 Å². The Bertz CT molecular complexity index is 1090. The molecule has 3 aromatic rings. The third-order valence-corrected chi connectivity index (χ3v) is 5.44. The van der Waals surface area contributed by atoms with Gasteiger partial charge in [0.1, 0.15) is 0 Å². The Kier molecular flexibility index (Phi) is 5.37. The molecule has 1 aliphatic heterocycles. The number of piperidine rings is 1. The van der Waals surface area contributed by atoms with Crippen LogP contribution in [-0.4, -0.2) is 43.7 Å². The lowest BCUT2D eigenvalue weighted by atomic mass is 10.1. The summed E-state index contributed by atoms with van der Waals surface area (Å²) in [5.74, 6) is 0. The minimum Gasteiger partial charge on any atom is -0.333 e. The quantitative estimate of drug-likeness (QED) is 0.723. The highest BCUT2D eigenvalue weighted by atomic mass is 16.2. The van der Waals surface area contributed by atoms with Gasteiger partial charge in [-0.15, -0.1) is 0 Å². The highest BCUT2D eigenvalue weighted by Crippen LogP contribution is 2.24. The number of urea groups is 1. The van der Waals surface area contributed by atoms with Crippen molar-refractivity contribution in [2.45, 2.75) is 51.7 Å². The predicted molar refractivity (Wildman–Crippen MR) is 118 cm³/mol. The van der Waals surface area contributed by atoms with E-state index in [0.29, 0.717) is 25.3 Å². The molecule has 7 heteroatoms. The zero-order chi connectivity index (χ0) is 21.3. The molecule has 2 aromatic heterocycles. The number of carbonyl (C=O) groups is 1. The molecule has 30 heavy (non-hydrogen) atoms. The van der Waals surface area contributed by atoms with Crippen molar-refractivity contribution in [3.8, 4) is 0 Å². The second-order valence-electron chi connectivity index (χ2n) is 8.99. The lowest BCUT2D eigenvalue weighted by Gasteiger charge is -2.35. The van der Waals surface area contributed by atoms with Crippen molar-refractivity contribution < 1.29 is 4.79 Å². The molecule has 0 bridgehead atoms. The summed E-state index contributed by atoms with van der Waals surface area (Å²) in [6.07, 6.45) is 3.42. The number of benzene rings is 1. The maximum Gasteiger partial charge on any atom is 0.330 e. The van der Waals surface area contributed by atoms with Crippen LogP contribution in [0.25, 0.3) is 11.2 Å². The number of likely N-dealkylation sites (tertiary alicyclic amines) is 1. The molecule has 1 aromatic carbocycles. The van der Waals surface area contributed by atoms with Crippen LogP contribution >= 0.6 is 0 Å². The standard InChI is InChI=1S/C23H29N5O2/c1-23(2,3)25-21(29)26-14-8-11-18(16-26)28-20-19(12-7-13-24-20)27(22(28)30)15-17-9-5-4-6-10-17/h4-7,9-10,12-13,18H,8,11,14-16H2,1-3H3,(H,25,29)/t18-/m0/s1. The Morgan fingerprint density at radius 3 is 2.67 bits per heavy atom. The Labute approximate surface area is 176 Å². The molecule has 1 aliphatic rings. The summed E-state index contributed by atoms with van der Waals surface area (Å²) in [5, 5.41) is 3.03. The molecule has 0 aliphatic carbocycles. The first kappa shape index (κ1) is 20.2. The van der Waals surface area contributed by atoms with Crippen molar-refractivity contribution in [3.63, 3.8) is 0 Å². The zero-order valence-corrected chi connectivity index (χ0v) is 17.8. The Morgan fingerprint density at radius 2 is 1.93 bits per heavy atom. The number of pyridine rings is 1. The van der Waals surface area contributed by atoms with Crippen LogP contribution in [0.15, 0.2) is 53.5 Å². The maximum atomic E-state index is 13.5. The number of nitrogens with one attached hydrogen (secondary N) is 1. The highest BCUT2D eigenvalue weighted by Gasteiger charge is 2.30. The predicted octanol–water partition coefficient (Wildman–Crippen LogP) is 3.39. The molecule has 0 saturated carbocycles. The Hall–Kier alpha value is -3.09. The van der Waals surface area contributed by atoms with E-state index in [4.69, 9.17) is 0 Å². The van der Waals surface area contributed by atoms with Gasteiger partial charge in [0.15, 0.2) is 5.65 Å². The van der Waals surface area contributed by atoms with Crippen LogP contribution in [0.4, 0.5) is 4.79 Å². The number of aromatic nitrogens is 3. The lowest BCUT2D eigenvalue weighted by Crippen LogP contribution is -2.52. The summed E-state index contributed by atoms with van der Waals surface area (Å²) >= 11 is 0. The molecule has 0 spiro atoms. The number of imidazole rings is 1. The first-order valence-electron chi connectivity index (χ1n) is 10.5. The summed E-state index contributed by atoms with van der Waals surface area (Å²) in [6, 6.07) is 13.6. The van der Waals surface area contributed by atoms with Crippen LogP contribution in [0.2, 0.25) is 0 Å². The van der Waals surface area contributed by atoms with E-state index in [1.165, 1.54) is 0 Å². The topological polar surface area (TPSA) is 72.2 Å². The first-order chi connectivity index (χ1) is 14.3. The molecule has 0 radical (unpaired) electrons. The minimum absolute atomic E-state index is 0.0735. The highest BCUT2D eigenvalue weighted by molar-refractivity contribution is 5.75. The lowest BCUT2D eigenvalue weighted by molar-refractivity contribution is 0.159. The van der Waals surface area contributed by atoms with Crippen LogP contribution < -0.4 is 11.0 Å². The van der Waals surface area contributed by atoms with Crippen molar-refractivity contribution >= 4 is 17.2 Å². The fourth-order valence-electron chi connectivity index (χ4n) is 4.11. The van der Waals surface area contributed by atoms with Gasteiger partial charge in [0.2, 0.25) is 0 Å². The van der Waals surface area contributed by atoms with E-state index in [9.17, 15) is 9.59 Å². The van der Waals surface area contributed by atoms with Crippen molar-refractivity contribution in [3.05, 3.63) is 64.7 Å². The molecule has 0 unspecified atom stereocenters. The molecule has 158 valence electrons. The molecule has 7 nitrogen and oxygen atoms in total. The van der Waals surface area contributed by atoms with Gasteiger partial charge in [0.25, 0.3) is 0 Å². The molecule has 2 amide bonds. The van der Waals surface area contributed by atoms with Gasteiger partial charge in [0.05, 0.1) is 18.1 Å². The molecule has 1 fully saturated rings. The van der Waals surface area contributed by atoms with E-state index in [2.05, 4.69) is 10.3 Å². The fraction of sp³-hybridized carbons (Fsp3) is 0.435. The molecule has 1 atom stereocenters. The normalized spacial score (nSPS) is 17.3. The van der Waals surface area contributed by atoms with Gasteiger partial charge in [-0.3, -0.25) is 9.13 Å². The van der Waals surface area contributed by atoms with Crippen molar-refractivity contribution in [2.24, 2.45) is 0 Å². The number of hydrogen-bond acceptors (Lipinski definition) is 3. The van der Waals surface area contributed by atoms with Crippen LogP contribution in [-0.2, 0) is 6.54 Å². The van der Waals surface area contributed by atoms with Gasteiger partial charge < -0.3 is 10.2 Å². The fourth-order valence-corrected chi connectivity index (χ4v) is 4.11. The van der Waals surface area contributed by atoms with E-state index in [1.54, 1.807) is 15.3 Å². The van der Waals surface area contributed by atoms with Gasteiger partial charge in [-0.1, -0.05) is 30.3 Å². The number of amides is 2. The van der Waals surface area contributed by atoms with E-state index in [-0.39, 0.29) is 23.3 Å². The van der Waals surface area contributed by atoms with Gasteiger partial charge >= 0.3 is 11.7 Å². The molecular formula is C23H29N5O2. The maximum absolute atomic E-state index is 13.5. The van der Waals surface area contributed by atoms with Crippen molar-refractivity contribution in [1.82, 2.24) is 24.3 Å². The number of nitrogens with zero attached hydrogens (tertiary/aromatic N) is 4. The SMILES string of the molecule is CC(C)(C)NC(=O)N1CCC[C@H](n2c(=O)n(Cc3ccccc3)c3cccnc32)C1. The number of carbonyl (C=O) groups excluding carboxylic acids is 1. The van der Waals surface area contributed by atoms with E-state index in [1.807, 2.05) is 68.1 Å². The number of rotatable bonds is 3. The second kappa shape index (κ2) is 7.97. The first-order valence-corrected chi connectivity index (χ1v) is 10.5. The zero-order valence-electron chi connectivity index (χ0n) is 17.8. The van der Waals surface area contributed by atoms with Crippen molar-refractivity contribution in [2.75, 3.05) is 13.1 Å². The van der Waals surface area contributed by atoms with Gasteiger partial charge in [-0.2, -0.15) is 0 Å². The summed E-state index contributed by atoms with van der Waals surface area (Å²) < 4.78 is 3.57. The van der Waals surface area contributed by atoms with E-state index >= 15 is 0 Å². The average Bonchev–Trinajstić information content (AvgIpc) is 2.99. The van der Waals surface area contributed by atoms with Gasteiger partial charge in [-0.25, -0.2) is 14.6 Å². The summed E-state index contributed by atoms with van der Waals surface area (Å²) in [4.78, 5) is 32.5. The summed E-state index contributed by atoms with van der Waals surface area (Å²) in [7, 11) is 0. The van der Waals surface area contributed by atoms with Gasteiger partial charge in [0, 0.05) is 24.8 Å². The van der Waals surface area contributed by atoms with Gasteiger partial charge in [-0.05, 0) is 51.3 Å². The Morgan fingerprint density at radius 1 is 1.17 bits per heavy atom. The van der Waals surface area contributed by atoms with Crippen LogP contribution in [0.3, 0.4) is 0 Å². The molecule has 1 saturated heterocycles. The molecular weight excluding hydrogens is 378 g/mol. The number of hydrogen-bond donors (Lipinski definition) is 1. The van der Waals surface area contributed by atoms with Crippen LogP contribution in [0.1, 0.15) is 45.2 Å². The van der Waals surface area contributed by atoms with E-state index in [0.717, 1.165) is 23.9 Å². The third kappa shape index (κ3) is 4.10. The molecule has 1 N–H and O–H groups in total. The second-order valence-corrected chi connectivity index (χ2v) is 8.99. The van der Waals surface area contributed by atoms with Crippen LogP contribution in [0.5, 0.6) is 0 Å². The monoisotopic (exact) mass is 407 g/mol. The number of fused-ring (bicyclic) bond motifs is 1. The molecule has 4 rings (SSSR count).